The smallest absolute Gasteiger partial charge is 0.322 e. The summed E-state index contributed by atoms with van der Waals surface area (Å²) >= 11 is 0. The molecule has 0 aliphatic carbocycles. The second-order valence-corrected chi connectivity index (χ2v) is 8.52. The highest BCUT2D eigenvalue weighted by Gasteiger charge is 2.35. The zero-order valence-electron chi connectivity index (χ0n) is 19.9. The number of amides is 2. The molecular formula is C28H26N4O3. The van der Waals surface area contributed by atoms with Crippen molar-refractivity contribution in [2.75, 3.05) is 7.11 Å². The van der Waals surface area contributed by atoms with Crippen LogP contribution in [0.4, 0.5) is 4.79 Å². The second-order valence-electron chi connectivity index (χ2n) is 8.52. The van der Waals surface area contributed by atoms with Gasteiger partial charge in [-0.2, -0.15) is 4.98 Å². The number of aryl methyl sites for hydroxylation is 1. The monoisotopic (exact) mass is 466 g/mol. The van der Waals surface area contributed by atoms with E-state index in [1.54, 1.807) is 12.0 Å². The van der Waals surface area contributed by atoms with Crippen LogP contribution in [0.1, 0.15) is 35.5 Å². The van der Waals surface area contributed by atoms with Crippen LogP contribution < -0.4 is 10.1 Å². The van der Waals surface area contributed by atoms with Crippen LogP contribution in [0.3, 0.4) is 0 Å². The van der Waals surface area contributed by atoms with E-state index in [1.165, 1.54) is 0 Å². The van der Waals surface area contributed by atoms with Gasteiger partial charge in [-0.1, -0.05) is 65.3 Å². The lowest BCUT2D eigenvalue weighted by Gasteiger charge is -2.35. The molecule has 5 rings (SSSR count). The summed E-state index contributed by atoms with van der Waals surface area (Å²) in [6.45, 7) is 4.40. The summed E-state index contributed by atoms with van der Waals surface area (Å²) in [7, 11) is 1.63. The molecule has 1 unspecified atom stereocenters. The first kappa shape index (κ1) is 22.4. The van der Waals surface area contributed by atoms with Gasteiger partial charge < -0.3 is 14.6 Å². The molecule has 4 aromatic rings. The molecule has 0 radical (unpaired) electrons. The Bertz CT molecular complexity index is 1380. The molecule has 0 saturated carbocycles. The van der Waals surface area contributed by atoms with E-state index in [2.05, 4.69) is 16.5 Å². The van der Waals surface area contributed by atoms with Gasteiger partial charge in [-0.3, -0.25) is 4.90 Å². The Kier molecular flexibility index (Phi) is 6.06. The standard InChI is InChI=1S/C28H26N4O3/c1-18-8-7-9-20(16-18)17-32-19(2)24(25(29-28(32)33)21-10-5-4-6-11-21)27-30-26(31-35-27)22-12-14-23(34-3)15-13-22/h4-16,25H,17H2,1-3H3,(H,29,33). The van der Waals surface area contributed by atoms with Gasteiger partial charge in [0.05, 0.1) is 25.3 Å². The first-order valence-electron chi connectivity index (χ1n) is 11.4. The predicted octanol–water partition coefficient (Wildman–Crippen LogP) is 5.75. The molecule has 1 N–H and O–H groups in total. The summed E-state index contributed by atoms with van der Waals surface area (Å²) in [6, 6.07) is 24.8. The summed E-state index contributed by atoms with van der Waals surface area (Å²) in [5.41, 5.74) is 5.48. The number of rotatable bonds is 6. The third-order valence-electron chi connectivity index (χ3n) is 6.16. The van der Waals surface area contributed by atoms with Crippen LogP contribution >= 0.6 is 0 Å². The van der Waals surface area contributed by atoms with Crippen molar-refractivity contribution in [2.45, 2.75) is 26.4 Å². The maximum absolute atomic E-state index is 13.2. The zero-order chi connectivity index (χ0) is 24.4. The Morgan fingerprint density at radius 1 is 1.00 bits per heavy atom. The number of ether oxygens (including phenoxy) is 1. The Labute approximate surface area is 204 Å². The van der Waals surface area contributed by atoms with Crippen LogP contribution in [0.2, 0.25) is 0 Å². The second kappa shape index (κ2) is 9.46. The number of methoxy groups -OCH3 is 1. The molecule has 35 heavy (non-hydrogen) atoms. The van der Waals surface area contributed by atoms with Gasteiger partial charge >= 0.3 is 6.03 Å². The minimum Gasteiger partial charge on any atom is -0.497 e. The minimum absolute atomic E-state index is 0.170. The lowest BCUT2D eigenvalue weighted by atomic mass is 9.94. The highest BCUT2D eigenvalue weighted by molar-refractivity contribution is 5.86. The van der Waals surface area contributed by atoms with Crippen molar-refractivity contribution in [1.29, 1.82) is 0 Å². The average molecular weight is 467 g/mol. The van der Waals surface area contributed by atoms with E-state index in [0.29, 0.717) is 18.3 Å². The largest absolute Gasteiger partial charge is 0.497 e. The molecule has 0 spiro atoms. The molecular weight excluding hydrogens is 440 g/mol. The van der Waals surface area contributed by atoms with Crippen LogP contribution in [0.25, 0.3) is 17.0 Å². The maximum Gasteiger partial charge on any atom is 0.322 e. The summed E-state index contributed by atoms with van der Waals surface area (Å²) in [5.74, 6) is 1.59. The van der Waals surface area contributed by atoms with E-state index in [1.807, 2.05) is 86.6 Å². The summed E-state index contributed by atoms with van der Waals surface area (Å²) in [5, 5.41) is 7.37. The van der Waals surface area contributed by atoms with Gasteiger partial charge in [0.2, 0.25) is 5.82 Å². The van der Waals surface area contributed by atoms with E-state index in [4.69, 9.17) is 14.2 Å². The first-order valence-corrected chi connectivity index (χ1v) is 11.4. The van der Waals surface area contributed by atoms with Crippen molar-refractivity contribution in [2.24, 2.45) is 0 Å². The number of aromatic nitrogens is 2. The Hall–Kier alpha value is -4.39. The Balaban J connectivity index is 1.57. The Morgan fingerprint density at radius 2 is 1.77 bits per heavy atom. The molecule has 3 aromatic carbocycles. The number of carbonyl (C=O) groups excluding carboxylic acids is 1. The van der Waals surface area contributed by atoms with Gasteiger partial charge in [0, 0.05) is 11.3 Å². The fourth-order valence-electron chi connectivity index (χ4n) is 4.33. The maximum atomic E-state index is 13.2. The van der Waals surface area contributed by atoms with Crippen molar-refractivity contribution < 1.29 is 14.1 Å². The summed E-state index contributed by atoms with van der Waals surface area (Å²) in [6.07, 6.45) is 0. The molecule has 2 heterocycles. The molecule has 0 saturated heterocycles. The molecule has 7 heteroatoms. The van der Waals surface area contributed by atoms with Crippen molar-refractivity contribution >= 4 is 11.6 Å². The van der Waals surface area contributed by atoms with E-state index in [9.17, 15) is 4.79 Å². The quantitative estimate of drug-likeness (QED) is 0.391. The van der Waals surface area contributed by atoms with Crippen molar-refractivity contribution in [3.8, 4) is 17.1 Å². The lowest BCUT2D eigenvalue weighted by molar-refractivity contribution is 0.203. The fourth-order valence-corrected chi connectivity index (χ4v) is 4.33. The van der Waals surface area contributed by atoms with Crippen LogP contribution in [0, 0.1) is 6.92 Å². The molecule has 7 nitrogen and oxygen atoms in total. The fraction of sp³-hybridized carbons (Fsp3) is 0.179. The van der Waals surface area contributed by atoms with Gasteiger partial charge in [0.15, 0.2) is 0 Å². The summed E-state index contributed by atoms with van der Waals surface area (Å²) < 4.78 is 11.0. The van der Waals surface area contributed by atoms with Gasteiger partial charge in [-0.25, -0.2) is 4.79 Å². The number of benzene rings is 3. The highest BCUT2D eigenvalue weighted by atomic mass is 16.5. The molecule has 1 aliphatic heterocycles. The van der Waals surface area contributed by atoms with Gasteiger partial charge in [-0.15, -0.1) is 0 Å². The van der Waals surface area contributed by atoms with Gasteiger partial charge in [0.25, 0.3) is 5.89 Å². The third kappa shape index (κ3) is 4.53. The highest BCUT2D eigenvalue weighted by Crippen LogP contribution is 2.38. The molecule has 1 atom stereocenters. The van der Waals surface area contributed by atoms with Crippen LogP contribution in [0.15, 0.2) is 89.1 Å². The van der Waals surface area contributed by atoms with E-state index < -0.39 is 6.04 Å². The van der Waals surface area contributed by atoms with Crippen molar-refractivity contribution in [3.05, 3.63) is 107 Å². The van der Waals surface area contributed by atoms with Crippen LogP contribution in [0.5, 0.6) is 5.75 Å². The molecule has 0 bridgehead atoms. The minimum atomic E-state index is -0.415. The lowest BCUT2D eigenvalue weighted by Crippen LogP contribution is -2.45. The van der Waals surface area contributed by atoms with E-state index in [-0.39, 0.29) is 6.03 Å². The molecule has 1 aliphatic rings. The summed E-state index contributed by atoms with van der Waals surface area (Å²) in [4.78, 5) is 19.7. The topological polar surface area (TPSA) is 80.5 Å². The normalized spacial score (nSPS) is 15.8. The molecule has 176 valence electrons. The SMILES string of the molecule is COc1ccc(-c2noc(C3=C(C)N(Cc4cccc(C)c4)C(=O)NC3c3ccccc3)n2)cc1. The van der Waals surface area contributed by atoms with E-state index >= 15 is 0 Å². The van der Waals surface area contributed by atoms with Crippen LogP contribution in [-0.2, 0) is 6.54 Å². The number of urea groups is 1. The average Bonchev–Trinajstić information content (AvgIpc) is 3.36. The molecule has 0 fully saturated rings. The molecule has 1 aromatic heterocycles. The number of allylic oxidation sites excluding steroid dienone is 1. The van der Waals surface area contributed by atoms with Crippen LogP contribution in [-0.4, -0.2) is 28.2 Å². The zero-order valence-corrected chi connectivity index (χ0v) is 19.9. The van der Waals surface area contributed by atoms with Crippen molar-refractivity contribution in [3.63, 3.8) is 0 Å². The third-order valence-corrected chi connectivity index (χ3v) is 6.16. The van der Waals surface area contributed by atoms with Gasteiger partial charge in [0.1, 0.15) is 5.75 Å². The Morgan fingerprint density at radius 3 is 2.49 bits per heavy atom. The van der Waals surface area contributed by atoms with E-state index in [0.717, 1.165) is 39.3 Å². The first-order chi connectivity index (χ1) is 17.0. The number of hydrogen-bond acceptors (Lipinski definition) is 5. The van der Waals surface area contributed by atoms with Crippen molar-refractivity contribution in [1.82, 2.24) is 20.4 Å². The predicted molar refractivity (Wildman–Crippen MR) is 133 cm³/mol. The molecule has 2 amide bonds. The van der Waals surface area contributed by atoms with Gasteiger partial charge in [-0.05, 0) is 49.2 Å². The number of hydrogen-bond donors (Lipinski definition) is 1. The number of nitrogens with one attached hydrogen (secondary N) is 1. The number of nitrogens with zero attached hydrogens (tertiary/aromatic N) is 3. The number of carbonyl (C=O) groups is 1.